The Hall–Kier alpha value is -1.30. The van der Waals surface area contributed by atoms with Gasteiger partial charge in [-0.1, -0.05) is 25.4 Å². The summed E-state index contributed by atoms with van der Waals surface area (Å²) in [5.74, 6) is 0.310. The summed E-state index contributed by atoms with van der Waals surface area (Å²) in [4.78, 5) is 12.2. The third kappa shape index (κ3) is 4.10. The molecule has 6 heteroatoms. The van der Waals surface area contributed by atoms with Crippen LogP contribution in [0.5, 0.6) is 0 Å². The van der Waals surface area contributed by atoms with Crippen LogP contribution in [0.2, 0.25) is 0 Å². The lowest BCUT2D eigenvalue weighted by atomic mass is 9.61. The predicted molar refractivity (Wildman–Crippen MR) is 77.6 cm³/mol. The minimum Gasteiger partial charge on any atom is -0.409 e. The lowest BCUT2D eigenvalue weighted by molar-refractivity contribution is -0.133. The van der Waals surface area contributed by atoms with E-state index in [1.54, 1.807) is 0 Å². The van der Waals surface area contributed by atoms with Crippen LogP contribution >= 0.6 is 0 Å². The van der Waals surface area contributed by atoms with Gasteiger partial charge in [-0.2, -0.15) is 0 Å². The van der Waals surface area contributed by atoms with E-state index < -0.39 is 5.41 Å². The molecule has 0 heterocycles. The summed E-state index contributed by atoms with van der Waals surface area (Å²) in [6.45, 7) is 6.15. The Morgan fingerprint density at radius 1 is 1.45 bits per heavy atom. The Labute approximate surface area is 120 Å². The first-order chi connectivity index (χ1) is 9.56. The van der Waals surface area contributed by atoms with Crippen LogP contribution in [0.1, 0.15) is 46.0 Å². The zero-order valence-corrected chi connectivity index (χ0v) is 12.5. The number of unbranched alkanes of at least 4 members (excludes halogenated alkanes) is 1. The van der Waals surface area contributed by atoms with Gasteiger partial charge in [-0.25, -0.2) is 0 Å². The van der Waals surface area contributed by atoms with Gasteiger partial charge in [0.2, 0.25) is 5.91 Å². The molecule has 1 aliphatic carbocycles. The zero-order chi connectivity index (χ0) is 15.0. The number of carbonyl (C=O) groups is 1. The average molecular weight is 285 g/mol. The van der Waals surface area contributed by atoms with Crippen LogP contribution in [-0.2, 0) is 9.53 Å². The maximum absolute atomic E-state index is 12.2. The van der Waals surface area contributed by atoms with E-state index >= 15 is 0 Å². The number of carbonyl (C=O) groups excluding carboxylic acids is 1. The smallest absolute Gasteiger partial charge is 0.233 e. The van der Waals surface area contributed by atoms with Crippen molar-refractivity contribution in [2.24, 2.45) is 22.2 Å². The zero-order valence-electron chi connectivity index (χ0n) is 12.5. The highest BCUT2D eigenvalue weighted by Gasteiger charge is 2.51. The molecule has 20 heavy (non-hydrogen) atoms. The van der Waals surface area contributed by atoms with Gasteiger partial charge in [0.15, 0.2) is 5.84 Å². The molecule has 0 aliphatic heterocycles. The molecule has 6 nitrogen and oxygen atoms in total. The summed E-state index contributed by atoms with van der Waals surface area (Å²) in [5, 5.41) is 14.7. The highest BCUT2D eigenvalue weighted by Crippen LogP contribution is 2.45. The summed E-state index contributed by atoms with van der Waals surface area (Å²) in [5.41, 5.74) is 4.87. The molecular formula is C14H27N3O3. The number of nitrogens with two attached hydrogens (primary N) is 1. The van der Waals surface area contributed by atoms with Crippen molar-refractivity contribution in [1.82, 2.24) is 5.32 Å². The molecular weight excluding hydrogens is 258 g/mol. The number of oxime groups is 1. The van der Waals surface area contributed by atoms with Gasteiger partial charge >= 0.3 is 0 Å². The molecule has 0 saturated heterocycles. The Morgan fingerprint density at radius 3 is 2.65 bits per heavy atom. The second-order valence-electron chi connectivity index (χ2n) is 5.66. The van der Waals surface area contributed by atoms with Gasteiger partial charge in [0.05, 0.1) is 0 Å². The molecule has 116 valence electrons. The van der Waals surface area contributed by atoms with Crippen LogP contribution < -0.4 is 11.1 Å². The van der Waals surface area contributed by atoms with Gasteiger partial charge in [0, 0.05) is 19.8 Å². The van der Waals surface area contributed by atoms with Gasteiger partial charge in [0.25, 0.3) is 0 Å². The molecule has 1 saturated carbocycles. The summed E-state index contributed by atoms with van der Waals surface area (Å²) in [6.07, 6.45) is 4.24. The molecule has 0 radical (unpaired) electrons. The Balaban J connectivity index is 2.27. The molecule has 0 aromatic rings. The third-order valence-electron chi connectivity index (χ3n) is 3.82. The molecule has 1 aliphatic rings. The minimum atomic E-state index is -0.808. The summed E-state index contributed by atoms with van der Waals surface area (Å²) < 4.78 is 5.43. The highest BCUT2D eigenvalue weighted by molar-refractivity contribution is 6.07. The molecule has 0 unspecified atom stereocenters. The second-order valence-corrected chi connectivity index (χ2v) is 5.66. The first-order valence-corrected chi connectivity index (χ1v) is 7.41. The van der Waals surface area contributed by atoms with Crippen LogP contribution in [0, 0.1) is 11.3 Å². The number of nitrogens with one attached hydrogen (secondary N) is 1. The number of nitrogens with zero attached hydrogens (tertiary/aromatic N) is 1. The lowest BCUT2D eigenvalue weighted by Gasteiger charge is -2.43. The van der Waals surface area contributed by atoms with E-state index in [2.05, 4.69) is 24.3 Å². The van der Waals surface area contributed by atoms with Crippen molar-refractivity contribution in [1.29, 1.82) is 0 Å². The van der Waals surface area contributed by atoms with Crippen molar-refractivity contribution in [2.75, 3.05) is 19.8 Å². The van der Waals surface area contributed by atoms with Gasteiger partial charge in [0.1, 0.15) is 5.41 Å². The molecule has 0 spiro atoms. The molecule has 0 aromatic carbocycles. The standard InChI is InChI=1S/C14H27N3O3/c1-3-4-7-20-8-5-6-16-13(18)14(12(15)17-19)9-11(2)10-14/h11,19H,3-10H2,1-2H3,(H2,15,17)(H,16,18). The Morgan fingerprint density at radius 2 is 2.10 bits per heavy atom. The number of rotatable bonds is 9. The van der Waals surface area contributed by atoms with Crippen molar-refractivity contribution < 1.29 is 14.7 Å². The largest absolute Gasteiger partial charge is 0.409 e. The van der Waals surface area contributed by atoms with Gasteiger partial charge < -0.3 is 21.0 Å². The first-order valence-electron chi connectivity index (χ1n) is 7.41. The third-order valence-corrected chi connectivity index (χ3v) is 3.82. The van der Waals surface area contributed by atoms with Crippen molar-refractivity contribution in [3.05, 3.63) is 0 Å². The van der Waals surface area contributed by atoms with E-state index in [0.29, 0.717) is 31.9 Å². The minimum absolute atomic E-state index is 0.0206. The maximum Gasteiger partial charge on any atom is 0.233 e. The van der Waals surface area contributed by atoms with Crippen LogP contribution in [-0.4, -0.2) is 36.7 Å². The lowest BCUT2D eigenvalue weighted by Crippen LogP contribution is -2.56. The van der Waals surface area contributed by atoms with Gasteiger partial charge in [-0.15, -0.1) is 0 Å². The highest BCUT2D eigenvalue weighted by atomic mass is 16.5. The first kappa shape index (κ1) is 16.8. The second kappa shape index (κ2) is 8.09. The fourth-order valence-electron chi connectivity index (χ4n) is 2.63. The fraction of sp³-hybridized carbons (Fsp3) is 0.857. The Bertz CT molecular complexity index is 339. The molecule has 4 N–H and O–H groups in total. The molecule has 0 aromatic heterocycles. The van der Waals surface area contributed by atoms with E-state index in [1.807, 2.05) is 0 Å². The number of hydrogen-bond donors (Lipinski definition) is 3. The molecule has 0 atom stereocenters. The number of ether oxygens (including phenoxy) is 1. The monoisotopic (exact) mass is 285 g/mol. The number of amidine groups is 1. The molecule has 1 rings (SSSR count). The predicted octanol–water partition coefficient (Wildman–Crippen LogP) is 1.47. The maximum atomic E-state index is 12.2. The van der Waals surface area contributed by atoms with E-state index in [9.17, 15) is 4.79 Å². The summed E-state index contributed by atoms with van der Waals surface area (Å²) in [7, 11) is 0. The van der Waals surface area contributed by atoms with E-state index in [1.165, 1.54) is 0 Å². The summed E-state index contributed by atoms with van der Waals surface area (Å²) >= 11 is 0. The number of hydrogen-bond acceptors (Lipinski definition) is 4. The SMILES string of the molecule is CCCCOCCCNC(=O)C1(C(N)=NO)CC(C)C1. The van der Waals surface area contributed by atoms with Crippen molar-refractivity contribution in [2.45, 2.75) is 46.0 Å². The van der Waals surface area contributed by atoms with Gasteiger partial charge in [-0.05, 0) is 31.6 Å². The molecule has 0 bridgehead atoms. The van der Waals surface area contributed by atoms with Crippen LogP contribution in [0.4, 0.5) is 0 Å². The van der Waals surface area contributed by atoms with Crippen LogP contribution in [0.3, 0.4) is 0 Å². The van der Waals surface area contributed by atoms with Crippen LogP contribution in [0.15, 0.2) is 5.16 Å². The topological polar surface area (TPSA) is 96.9 Å². The quantitative estimate of drug-likeness (QED) is 0.196. The molecule has 1 fully saturated rings. The van der Waals surface area contributed by atoms with Crippen molar-refractivity contribution in [3.63, 3.8) is 0 Å². The molecule has 1 amide bonds. The summed E-state index contributed by atoms with van der Waals surface area (Å²) in [6, 6.07) is 0. The van der Waals surface area contributed by atoms with Crippen molar-refractivity contribution >= 4 is 11.7 Å². The van der Waals surface area contributed by atoms with E-state index in [4.69, 9.17) is 15.7 Å². The van der Waals surface area contributed by atoms with E-state index in [-0.39, 0.29) is 11.7 Å². The normalized spacial score (nSPS) is 26.1. The van der Waals surface area contributed by atoms with Gasteiger partial charge in [-0.3, -0.25) is 4.79 Å². The van der Waals surface area contributed by atoms with Crippen LogP contribution in [0.25, 0.3) is 0 Å². The number of amides is 1. The Kier molecular flexibility index (Phi) is 6.78. The van der Waals surface area contributed by atoms with Crippen molar-refractivity contribution in [3.8, 4) is 0 Å². The fourth-order valence-corrected chi connectivity index (χ4v) is 2.63. The van der Waals surface area contributed by atoms with E-state index in [0.717, 1.165) is 25.9 Å². The average Bonchev–Trinajstić information content (AvgIpc) is 2.41.